The molecule has 0 aromatic heterocycles. The number of nitrogens with zero attached hydrogens (tertiary/aromatic N) is 2. The monoisotopic (exact) mass is 1640 g/mol. The topological polar surface area (TPSA) is 6.48 Å². The van der Waals surface area contributed by atoms with E-state index in [9.17, 15) is 0 Å². The van der Waals surface area contributed by atoms with Crippen LogP contribution in [0.3, 0.4) is 0 Å². The van der Waals surface area contributed by atoms with Gasteiger partial charge in [-0.1, -0.05) is 372 Å². The number of hydrogen-bond donors (Lipinski definition) is 0. The van der Waals surface area contributed by atoms with Gasteiger partial charge in [0.2, 0.25) is 0 Å². The third-order valence-corrected chi connectivity index (χ3v) is 29.4. The first kappa shape index (κ1) is 74.0. The molecule has 3 atom stereocenters. The van der Waals surface area contributed by atoms with Crippen LogP contribution in [0.15, 0.2) is 431 Å². The first-order valence-corrected chi connectivity index (χ1v) is 44.7. The Morgan fingerprint density at radius 2 is 0.508 bits per heavy atom. The molecule has 0 N–H and O–H groups in total. The number of halogens is 2. The highest BCUT2D eigenvalue weighted by atomic mass is 35.5. The molecule has 25 rings (SSSR count). The van der Waals surface area contributed by atoms with Crippen LogP contribution in [0.5, 0.6) is 0 Å². The van der Waals surface area contributed by atoms with Crippen LogP contribution in [0.1, 0.15) is 93.1 Å². The first-order chi connectivity index (χ1) is 61.9. The van der Waals surface area contributed by atoms with Crippen molar-refractivity contribution in [3.8, 4) is 122 Å². The molecule has 126 heavy (non-hydrogen) atoms. The SMILES string of the molecule is CC1(C)c2ccccc2-c2ccc(N(c3ccc(-c4ccccc4)cc3)c3ccc(-c4cccc5c4-c4ccc(Cl)cc4C54c5ccccc5-c5cc(CC6(C)c7ccccc7-c7ccc(N(c8ccc(-c9ccccc9)cc8)c8ccc(-c9cccc%10c9-c9ccc(Cl)cc9C%109c%10ccccc%10-c%10ccc(-c%11ccccc%11)cc%109)cc8)cc76)ccc54)cc3)cc21. The Hall–Kier alpha value is -14.6. The summed E-state index contributed by atoms with van der Waals surface area (Å²) in [5.41, 5.74) is 48.2. The predicted molar refractivity (Wildman–Crippen MR) is 525 cm³/mol. The zero-order chi connectivity index (χ0) is 83.9. The summed E-state index contributed by atoms with van der Waals surface area (Å²) in [5, 5.41) is 1.45. The van der Waals surface area contributed by atoms with Crippen molar-refractivity contribution in [2.75, 3.05) is 9.80 Å². The van der Waals surface area contributed by atoms with Gasteiger partial charge >= 0.3 is 0 Å². The van der Waals surface area contributed by atoms with Gasteiger partial charge in [0.15, 0.2) is 0 Å². The van der Waals surface area contributed by atoms with Gasteiger partial charge in [-0.2, -0.15) is 0 Å². The maximum absolute atomic E-state index is 7.36. The van der Waals surface area contributed by atoms with E-state index in [2.05, 4.69) is 461 Å². The number of hydrogen-bond acceptors (Lipinski definition) is 2. The molecule has 594 valence electrons. The smallest absolute Gasteiger partial charge is 0.0726 e. The Morgan fingerprint density at radius 1 is 0.190 bits per heavy atom. The fraction of sp³-hybridized carbons (Fsp3) is 0.0656. The van der Waals surface area contributed by atoms with Gasteiger partial charge in [0.05, 0.1) is 10.8 Å². The van der Waals surface area contributed by atoms with E-state index in [4.69, 9.17) is 23.2 Å². The van der Waals surface area contributed by atoms with Crippen LogP contribution in [-0.4, -0.2) is 0 Å². The Bertz CT molecular complexity index is 7720. The molecule has 19 aromatic carbocycles. The lowest BCUT2D eigenvalue weighted by Crippen LogP contribution is -2.26. The second-order valence-corrected chi connectivity index (χ2v) is 36.6. The average molecular weight is 1650 g/mol. The molecule has 0 saturated carbocycles. The molecule has 0 saturated heterocycles. The molecule has 0 amide bonds. The minimum atomic E-state index is -0.654. The lowest BCUT2D eigenvalue weighted by molar-refractivity contribution is 0.583. The van der Waals surface area contributed by atoms with E-state index in [1.54, 1.807) is 0 Å². The van der Waals surface area contributed by atoms with Gasteiger partial charge in [-0.05, 0) is 304 Å². The van der Waals surface area contributed by atoms with E-state index >= 15 is 0 Å². The Balaban J connectivity index is 0.583. The van der Waals surface area contributed by atoms with Gasteiger partial charge in [-0.25, -0.2) is 0 Å². The summed E-state index contributed by atoms with van der Waals surface area (Å²) in [6.07, 6.45) is 0.765. The molecule has 0 fully saturated rings. The Kier molecular flexibility index (Phi) is 16.6. The van der Waals surface area contributed by atoms with Crippen LogP contribution >= 0.6 is 23.2 Å². The van der Waals surface area contributed by atoms with Crippen molar-refractivity contribution < 1.29 is 0 Å². The summed E-state index contributed by atoms with van der Waals surface area (Å²) in [7, 11) is 0. The molecule has 19 aromatic rings. The number of anilines is 6. The van der Waals surface area contributed by atoms with Gasteiger partial charge in [-0.3, -0.25) is 0 Å². The van der Waals surface area contributed by atoms with Gasteiger partial charge in [0, 0.05) is 55.0 Å². The third-order valence-electron chi connectivity index (χ3n) is 28.9. The highest BCUT2D eigenvalue weighted by molar-refractivity contribution is 6.31. The van der Waals surface area contributed by atoms with Crippen molar-refractivity contribution >= 4 is 57.3 Å². The molecule has 0 bridgehead atoms. The first-order valence-electron chi connectivity index (χ1n) is 43.9. The molecule has 6 aliphatic rings. The zero-order valence-electron chi connectivity index (χ0n) is 69.8. The third kappa shape index (κ3) is 10.8. The lowest BCUT2D eigenvalue weighted by Gasteiger charge is -2.32. The highest BCUT2D eigenvalue weighted by Gasteiger charge is 2.55. The maximum atomic E-state index is 7.36. The van der Waals surface area contributed by atoms with E-state index in [-0.39, 0.29) is 5.41 Å². The lowest BCUT2D eigenvalue weighted by atomic mass is 9.70. The molecule has 2 spiro atoms. The molecule has 0 heterocycles. The van der Waals surface area contributed by atoms with E-state index in [0.29, 0.717) is 0 Å². The molecule has 6 aliphatic carbocycles. The van der Waals surface area contributed by atoms with Crippen molar-refractivity contribution in [2.24, 2.45) is 0 Å². The van der Waals surface area contributed by atoms with Gasteiger partial charge in [0.1, 0.15) is 0 Å². The number of rotatable bonds is 13. The largest absolute Gasteiger partial charge is 0.310 e. The van der Waals surface area contributed by atoms with Gasteiger partial charge in [0.25, 0.3) is 0 Å². The van der Waals surface area contributed by atoms with Crippen molar-refractivity contribution in [3.63, 3.8) is 0 Å². The van der Waals surface area contributed by atoms with E-state index < -0.39 is 16.2 Å². The zero-order valence-corrected chi connectivity index (χ0v) is 71.4. The Morgan fingerprint density at radius 3 is 1.01 bits per heavy atom. The van der Waals surface area contributed by atoms with E-state index in [1.165, 1.54) is 184 Å². The van der Waals surface area contributed by atoms with Crippen LogP contribution in [0.2, 0.25) is 10.0 Å². The van der Waals surface area contributed by atoms with E-state index in [0.717, 1.165) is 61.7 Å². The minimum absolute atomic E-state index is 0.165. The molecule has 2 nitrogen and oxygen atoms in total. The number of fused-ring (bicyclic) bond motifs is 26. The molecule has 4 heteroatoms. The van der Waals surface area contributed by atoms with Crippen LogP contribution in [0.25, 0.3) is 122 Å². The molecular formula is C122H82Cl2N2. The molecule has 0 aliphatic heterocycles. The summed E-state index contributed by atoms with van der Waals surface area (Å²) in [6.45, 7) is 7.22. The van der Waals surface area contributed by atoms with Crippen molar-refractivity contribution in [2.45, 2.75) is 48.9 Å². The van der Waals surface area contributed by atoms with Crippen LogP contribution in [-0.2, 0) is 28.1 Å². The van der Waals surface area contributed by atoms with Crippen LogP contribution in [0.4, 0.5) is 34.1 Å². The summed E-state index contributed by atoms with van der Waals surface area (Å²) >= 11 is 14.6. The molecular weight excluding hydrogens is 1560 g/mol. The summed E-state index contributed by atoms with van der Waals surface area (Å²) < 4.78 is 0. The normalized spacial score (nSPS) is 16.5. The fourth-order valence-corrected chi connectivity index (χ4v) is 23.7. The summed E-state index contributed by atoms with van der Waals surface area (Å²) in [5.74, 6) is 0. The van der Waals surface area contributed by atoms with Crippen molar-refractivity contribution in [3.05, 3.63) is 513 Å². The number of benzene rings is 19. The Labute approximate surface area is 745 Å². The van der Waals surface area contributed by atoms with Crippen LogP contribution < -0.4 is 9.80 Å². The van der Waals surface area contributed by atoms with Gasteiger partial charge < -0.3 is 9.80 Å². The predicted octanol–water partition coefficient (Wildman–Crippen LogP) is 32.8. The minimum Gasteiger partial charge on any atom is -0.310 e. The van der Waals surface area contributed by atoms with Gasteiger partial charge in [-0.15, -0.1) is 0 Å². The second-order valence-electron chi connectivity index (χ2n) is 35.7. The maximum Gasteiger partial charge on any atom is 0.0726 e. The second kappa shape index (κ2) is 28.2. The molecule has 3 unspecified atom stereocenters. The summed E-state index contributed by atoms with van der Waals surface area (Å²) in [4.78, 5) is 4.90. The fourth-order valence-electron chi connectivity index (χ4n) is 23.3. The standard InChI is InChI=1S/C122H82Cl2N2/c1-119(2)105-35-17-13-29-95(105)99-66-61-91(73-112(99)119)125(87-53-42-80(43-54-87)77-23-7-4-8-24-77)89-57-46-82(47-58-89)93-33-21-39-110-117(93)102-64-51-85(123)71-115(102)121(110)108-38-20-16-32-98(108)104-69-76(41-68-109(104)121)75-120(3)106-36-18-14-30-96(106)100-67-62-92(74-113(100)120)126(88-55-44-81(45-56-88)78-25-9-5-10-26-78)90-59-48-83(49-60-90)94-34-22-40-111-118(94)103-65-52-86(124)72-116(103)122(111)107-37-19-15-31-97(107)101-63-50-84(70-114(101)122)79-27-11-6-12-28-79/h4-74H,75H2,1-3H3. The average Bonchev–Trinajstić information content (AvgIpc) is 1.51. The molecule has 0 radical (unpaired) electrons. The van der Waals surface area contributed by atoms with Crippen molar-refractivity contribution in [1.82, 2.24) is 0 Å². The summed E-state index contributed by atoms with van der Waals surface area (Å²) in [6, 6.07) is 161. The van der Waals surface area contributed by atoms with E-state index in [1.807, 2.05) is 0 Å². The van der Waals surface area contributed by atoms with Crippen LogP contribution in [0, 0.1) is 0 Å². The highest BCUT2D eigenvalue weighted by Crippen LogP contribution is 2.68. The quantitative estimate of drug-likeness (QED) is 0.114. The van der Waals surface area contributed by atoms with Crippen molar-refractivity contribution in [1.29, 1.82) is 0 Å².